The second-order valence-electron chi connectivity index (χ2n) is 5.78. The Kier molecular flexibility index (Phi) is 8.30. The molecule has 0 saturated heterocycles. The van der Waals surface area contributed by atoms with Gasteiger partial charge in [0.15, 0.2) is 0 Å². The number of halogens is 4. The summed E-state index contributed by atoms with van der Waals surface area (Å²) in [6.07, 6.45) is 0. The van der Waals surface area contributed by atoms with Crippen molar-refractivity contribution in [3.05, 3.63) is 38.5 Å². The van der Waals surface area contributed by atoms with E-state index in [1.165, 1.54) is 35.6 Å². The van der Waals surface area contributed by atoms with Crippen LogP contribution in [0.15, 0.2) is 34.1 Å². The molecule has 1 aromatic heterocycles. The van der Waals surface area contributed by atoms with Crippen LogP contribution in [0.2, 0.25) is 0 Å². The summed E-state index contributed by atoms with van der Waals surface area (Å²) in [5, 5.41) is 25.9. The van der Waals surface area contributed by atoms with Crippen molar-refractivity contribution < 1.29 is 16.8 Å². The summed E-state index contributed by atoms with van der Waals surface area (Å²) < 4.78 is 49.0. The number of aromatic nitrogens is 2. The molecule has 6 N–H and O–H groups in total. The third kappa shape index (κ3) is 6.48. The van der Waals surface area contributed by atoms with Gasteiger partial charge in [-0.2, -0.15) is 0 Å². The van der Waals surface area contributed by atoms with E-state index in [2.05, 4.69) is 20.8 Å². The van der Waals surface area contributed by atoms with Gasteiger partial charge < -0.3 is 10.6 Å². The highest BCUT2D eigenvalue weighted by molar-refractivity contribution is 14.1. The second-order valence-corrected chi connectivity index (χ2v) is 14.5. The van der Waals surface area contributed by atoms with Crippen LogP contribution in [0.1, 0.15) is 0 Å². The molecule has 0 fully saturated rings. The molecule has 0 aliphatic heterocycles. The van der Waals surface area contributed by atoms with Crippen LogP contribution in [0.25, 0.3) is 0 Å². The molecule has 0 radical (unpaired) electrons. The van der Waals surface area contributed by atoms with Crippen LogP contribution >= 0.6 is 102 Å². The normalized spacial score (nSPS) is 12.1. The minimum absolute atomic E-state index is 0.0264. The topological polar surface area (TPSA) is 170 Å². The maximum Gasteiger partial charge on any atom is 0.238 e. The molecule has 3 aromatic rings. The average Bonchev–Trinajstić information content (AvgIpc) is 3.06. The Balaban J connectivity index is 1.86. The lowest BCUT2D eigenvalue weighted by molar-refractivity contribution is 0.596. The molecular formula is C14H10I4N6O4S3. The van der Waals surface area contributed by atoms with E-state index >= 15 is 0 Å². The van der Waals surface area contributed by atoms with Gasteiger partial charge in [-0.15, -0.1) is 10.2 Å². The van der Waals surface area contributed by atoms with Crippen LogP contribution in [0, 0.1) is 14.3 Å². The fraction of sp³-hybridized carbons (Fsp3) is 0. The Morgan fingerprint density at radius 1 is 0.677 bits per heavy atom. The predicted octanol–water partition coefficient (Wildman–Crippen LogP) is 3.74. The van der Waals surface area contributed by atoms with Crippen molar-refractivity contribution in [1.82, 2.24) is 10.2 Å². The minimum Gasteiger partial charge on any atom is -0.328 e. The summed E-state index contributed by atoms with van der Waals surface area (Å²) in [7, 11) is -7.62. The monoisotopic (exact) mass is 930 g/mol. The number of nitrogens with one attached hydrogen (secondary N) is 2. The summed E-state index contributed by atoms with van der Waals surface area (Å²) in [4.78, 5) is 0.0529. The van der Waals surface area contributed by atoms with E-state index in [1.54, 1.807) is 0 Å². The first-order valence-electron chi connectivity index (χ1n) is 7.67. The van der Waals surface area contributed by atoms with Gasteiger partial charge in [-0.1, -0.05) is 11.3 Å². The molecule has 3 rings (SSSR count). The van der Waals surface area contributed by atoms with Gasteiger partial charge in [0, 0.05) is 14.3 Å². The van der Waals surface area contributed by atoms with Crippen molar-refractivity contribution in [3.63, 3.8) is 0 Å². The molecule has 0 spiro atoms. The fourth-order valence-electron chi connectivity index (χ4n) is 2.21. The fourth-order valence-corrected chi connectivity index (χ4v) is 8.91. The van der Waals surface area contributed by atoms with Crippen molar-refractivity contribution in [1.29, 1.82) is 0 Å². The molecule has 166 valence electrons. The molecule has 0 unspecified atom stereocenters. The molecule has 2 aromatic carbocycles. The summed E-state index contributed by atoms with van der Waals surface area (Å²) >= 11 is 9.29. The van der Waals surface area contributed by atoms with Crippen molar-refractivity contribution in [2.24, 2.45) is 10.3 Å². The van der Waals surface area contributed by atoms with Crippen LogP contribution in [0.4, 0.5) is 21.6 Å². The highest BCUT2D eigenvalue weighted by atomic mass is 127. The van der Waals surface area contributed by atoms with E-state index in [1.807, 2.05) is 90.4 Å². The highest BCUT2D eigenvalue weighted by Crippen LogP contribution is 2.35. The molecule has 1 heterocycles. The van der Waals surface area contributed by atoms with Crippen molar-refractivity contribution >= 4 is 143 Å². The van der Waals surface area contributed by atoms with Crippen molar-refractivity contribution in [2.45, 2.75) is 9.79 Å². The molecule has 0 aliphatic rings. The number of hydrogen-bond donors (Lipinski definition) is 4. The zero-order chi connectivity index (χ0) is 23.1. The van der Waals surface area contributed by atoms with Crippen LogP contribution in [-0.2, 0) is 20.0 Å². The van der Waals surface area contributed by atoms with E-state index in [-0.39, 0.29) is 9.79 Å². The first-order chi connectivity index (χ1) is 14.3. The molecule has 0 amide bonds. The average molecular weight is 930 g/mol. The van der Waals surface area contributed by atoms with Gasteiger partial charge in [0.25, 0.3) is 0 Å². The Morgan fingerprint density at radius 3 is 1.23 bits per heavy atom. The lowest BCUT2D eigenvalue weighted by atomic mass is 10.3. The van der Waals surface area contributed by atoms with Gasteiger partial charge in [0.1, 0.15) is 0 Å². The number of rotatable bonds is 6. The van der Waals surface area contributed by atoms with Gasteiger partial charge >= 0.3 is 0 Å². The summed E-state index contributed by atoms with van der Waals surface area (Å²) in [6, 6.07) is 5.88. The Bertz CT molecular complexity index is 1240. The van der Waals surface area contributed by atoms with Crippen LogP contribution in [-0.4, -0.2) is 27.0 Å². The van der Waals surface area contributed by atoms with Gasteiger partial charge in [-0.25, -0.2) is 27.1 Å². The lowest BCUT2D eigenvalue weighted by Gasteiger charge is -2.10. The number of anilines is 4. The zero-order valence-electron chi connectivity index (χ0n) is 14.7. The lowest BCUT2D eigenvalue weighted by Crippen LogP contribution is -2.13. The number of hydrogen-bond acceptors (Lipinski definition) is 9. The van der Waals surface area contributed by atoms with Gasteiger partial charge in [0.05, 0.1) is 21.2 Å². The number of primary sulfonamides is 2. The predicted molar refractivity (Wildman–Crippen MR) is 153 cm³/mol. The van der Waals surface area contributed by atoms with Crippen LogP contribution < -0.4 is 20.9 Å². The van der Waals surface area contributed by atoms with E-state index < -0.39 is 20.0 Å². The SMILES string of the molecule is NS(=O)(=O)c1cc(I)c(Nc2nnc(Nc3c(I)cc(S(N)(=O)=O)cc3I)s2)c(I)c1. The highest BCUT2D eigenvalue weighted by Gasteiger charge is 2.18. The number of sulfonamides is 2. The van der Waals surface area contributed by atoms with Crippen molar-refractivity contribution in [3.8, 4) is 0 Å². The Hall–Kier alpha value is 0.340. The van der Waals surface area contributed by atoms with Gasteiger partial charge in [-0.3, -0.25) is 0 Å². The standard InChI is InChI=1S/C14H10I4N6O4S3/c15-7-1-5(30(19,25)26)2-8(16)11(7)21-13-23-24-14(29-13)22-12-9(17)3-6(4-10(12)18)31(20,27)28/h1-4H,(H,21,23)(H,22,24)(H2,19,25,26)(H2,20,27,28). The first-order valence-corrected chi connectivity index (χ1v) is 15.9. The molecule has 31 heavy (non-hydrogen) atoms. The Morgan fingerprint density at radius 2 is 0.968 bits per heavy atom. The third-order valence-electron chi connectivity index (χ3n) is 3.58. The van der Waals surface area contributed by atoms with E-state index in [4.69, 9.17) is 10.3 Å². The molecule has 0 atom stereocenters. The molecular weight excluding hydrogens is 920 g/mol. The smallest absolute Gasteiger partial charge is 0.238 e. The van der Waals surface area contributed by atoms with Crippen molar-refractivity contribution in [2.75, 3.05) is 10.6 Å². The van der Waals surface area contributed by atoms with E-state index in [9.17, 15) is 16.8 Å². The van der Waals surface area contributed by atoms with E-state index in [0.29, 0.717) is 35.9 Å². The minimum atomic E-state index is -3.81. The van der Waals surface area contributed by atoms with Crippen LogP contribution in [0.5, 0.6) is 0 Å². The summed E-state index contributed by atoms with van der Waals surface area (Å²) in [6.45, 7) is 0. The second kappa shape index (κ2) is 9.91. The quantitative estimate of drug-likeness (QED) is 0.271. The largest absolute Gasteiger partial charge is 0.328 e. The number of nitrogens with zero attached hydrogens (tertiary/aromatic N) is 2. The Labute approximate surface area is 236 Å². The molecule has 0 saturated carbocycles. The molecule has 10 nitrogen and oxygen atoms in total. The molecule has 0 bridgehead atoms. The third-order valence-corrected chi connectivity index (χ3v) is 9.52. The number of nitrogens with two attached hydrogens (primary N) is 2. The number of benzene rings is 2. The summed E-state index contributed by atoms with van der Waals surface area (Å²) in [5.41, 5.74) is 1.36. The zero-order valence-corrected chi connectivity index (χ0v) is 25.8. The maximum absolute atomic E-state index is 11.6. The molecule has 0 aliphatic carbocycles. The van der Waals surface area contributed by atoms with Gasteiger partial charge in [-0.05, 0) is 115 Å². The first kappa shape index (κ1) is 26.0. The maximum atomic E-state index is 11.6. The van der Waals surface area contributed by atoms with Crippen LogP contribution in [0.3, 0.4) is 0 Å². The summed E-state index contributed by atoms with van der Waals surface area (Å²) in [5.74, 6) is 0. The van der Waals surface area contributed by atoms with E-state index in [0.717, 1.165) is 0 Å². The van der Waals surface area contributed by atoms with Gasteiger partial charge in [0.2, 0.25) is 30.3 Å². The molecule has 17 heteroatoms.